The van der Waals surface area contributed by atoms with Gasteiger partial charge in [-0.1, -0.05) is 23.8 Å². The Balaban J connectivity index is 1.44. The number of hydrogen-bond acceptors (Lipinski definition) is 5. The van der Waals surface area contributed by atoms with Crippen LogP contribution in [-0.2, 0) is 0 Å². The van der Waals surface area contributed by atoms with Gasteiger partial charge in [-0.15, -0.1) is 0 Å². The first-order valence-corrected chi connectivity index (χ1v) is 9.98. The predicted octanol–water partition coefficient (Wildman–Crippen LogP) is 4.83. The van der Waals surface area contributed by atoms with Gasteiger partial charge in [0, 0.05) is 18.2 Å². The summed E-state index contributed by atoms with van der Waals surface area (Å²) in [6, 6.07) is 10.9. The minimum absolute atomic E-state index is 0.0777. The van der Waals surface area contributed by atoms with E-state index >= 15 is 0 Å². The number of rotatable bonds is 3. The minimum Gasteiger partial charge on any atom is -0.454 e. The third-order valence-corrected chi connectivity index (χ3v) is 5.53. The van der Waals surface area contributed by atoms with Crippen molar-refractivity contribution in [2.24, 2.45) is 0 Å². The minimum atomic E-state index is -4.54. The molecule has 166 valence electrons. The zero-order valence-electron chi connectivity index (χ0n) is 16.9. The van der Waals surface area contributed by atoms with E-state index in [4.69, 9.17) is 9.47 Å². The maximum absolute atomic E-state index is 13.9. The van der Waals surface area contributed by atoms with Crippen LogP contribution < -0.4 is 20.1 Å². The predicted molar refractivity (Wildman–Crippen MR) is 110 cm³/mol. The van der Waals surface area contributed by atoms with Crippen molar-refractivity contribution >= 4 is 17.4 Å². The Morgan fingerprint density at radius 3 is 2.62 bits per heavy atom. The molecule has 0 saturated heterocycles. The summed E-state index contributed by atoms with van der Waals surface area (Å²) in [6.07, 6.45) is -4.82. The van der Waals surface area contributed by atoms with Gasteiger partial charge in [-0.05, 0) is 36.8 Å². The van der Waals surface area contributed by atoms with Crippen molar-refractivity contribution in [3.8, 4) is 11.5 Å². The highest BCUT2D eigenvalue weighted by atomic mass is 19.4. The number of nitrogens with one attached hydrogen (secondary N) is 2. The smallest absolute Gasteiger partial charge is 0.410 e. The van der Waals surface area contributed by atoms with Gasteiger partial charge >= 0.3 is 6.18 Å². The summed E-state index contributed by atoms with van der Waals surface area (Å²) in [5, 5.41) is 9.72. The fraction of sp³-hybridized carbons (Fsp3) is 0.273. The number of anilines is 2. The van der Waals surface area contributed by atoms with Crippen LogP contribution in [0.25, 0.3) is 0 Å². The van der Waals surface area contributed by atoms with Crippen LogP contribution in [0.15, 0.2) is 48.5 Å². The second-order valence-electron chi connectivity index (χ2n) is 7.78. The summed E-state index contributed by atoms with van der Waals surface area (Å²) in [4.78, 5) is 12.6. The summed E-state index contributed by atoms with van der Waals surface area (Å²) in [7, 11) is 0. The van der Waals surface area contributed by atoms with E-state index in [0.717, 1.165) is 10.2 Å². The molecule has 1 amide bonds. The van der Waals surface area contributed by atoms with Gasteiger partial charge in [0.1, 0.15) is 5.82 Å². The molecule has 3 aromatic rings. The first kappa shape index (κ1) is 20.2. The molecule has 3 heterocycles. The number of alkyl halides is 3. The van der Waals surface area contributed by atoms with Crippen LogP contribution in [0.1, 0.15) is 40.1 Å². The fourth-order valence-electron chi connectivity index (χ4n) is 3.86. The van der Waals surface area contributed by atoms with Crippen LogP contribution in [0.3, 0.4) is 0 Å². The van der Waals surface area contributed by atoms with E-state index in [2.05, 4.69) is 15.7 Å². The van der Waals surface area contributed by atoms with Crippen LogP contribution in [0.2, 0.25) is 0 Å². The van der Waals surface area contributed by atoms with Gasteiger partial charge in [0.15, 0.2) is 23.2 Å². The van der Waals surface area contributed by atoms with E-state index in [0.29, 0.717) is 22.7 Å². The van der Waals surface area contributed by atoms with Crippen molar-refractivity contribution < 1.29 is 27.4 Å². The van der Waals surface area contributed by atoms with Crippen LogP contribution in [-0.4, -0.2) is 28.7 Å². The van der Waals surface area contributed by atoms with E-state index in [1.165, 1.54) is 6.07 Å². The fourth-order valence-corrected chi connectivity index (χ4v) is 3.86. The zero-order chi connectivity index (χ0) is 22.5. The Bertz CT molecular complexity index is 1170. The van der Waals surface area contributed by atoms with Crippen LogP contribution >= 0.6 is 0 Å². The molecule has 0 unspecified atom stereocenters. The van der Waals surface area contributed by atoms with E-state index in [1.54, 1.807) is 30.3 Å². The van der Waals surface area contributed by atoms with Crippen molar-refractivity contribution in [3.63, 3.8) is 0 Å². The Morgan fingerprint density at radius 1 is 1.12 bits per heavy atom. The quantitative estimate of drug-likeness (QED) is 0.605. The number of carbonyl (C=O) groups excluding carboxylic acids is 1. The SMILES string of the molecule is Cc1ccc(NC(=O)c2cc3n(n2)[C@@H](C(F)(F)F)C[C@H](c2ccc4c(c2)OCO4)N3)cc1. The van der Waals surface area contributed by atoms with Crippen molar-refractivity contribution in [2.75, 3.05) is 17.4 Å². The molecule has 2 atom stereocenters. The van der Waals surface area contributed by atoms with Gasteiger partial charge < -0.3 is 20.1 Å². The van der Waals surface area contributed by atoms with Gasteiger partial charge in [0.2, 0.25) is 6.79 Å². The normalized spacial score (nSPS) is 19.2. The molecule has 32 heavy (non-hydrogen) atoms. The second kappa shape index (κ2) is 7.47. The van der Waals surface area contributed by atoms with Gasteiger partial charge in [-0.25, -0.2) is 4.68 Å². The Morgan fingerprint density at radius 2 is 1.88 bits per heavy atom. The number of hydrogen-bond donors (Lipinski definition) is 2. The number of fused-ring (bicyclic) bond motifs is 2. The third-order valence-electron chi connectivity index (χ3n) is 5.53. The molecule has 10 heteroatoms. The molecule has 2 aliphatic rings. The van der Waals surface area contributed by atoms with Gasteiger partial charge in [-0.2, -0.15) is 18.3 Å². The maximum atomic E-state index is 13.9. The molecule has 5 rings (SSSR count). The van der Waals surface area contributed by atoms with Crippen molar-refractivity contribution in [2.45, 2.75) is 31.6 Å². The zero-order valence-corrected chi connectivity index (χ0v) is 16.9. The molecule has 7 nitrogen and oxygen atoms in total. The molecule has 0 fully saturated rings. The first-order chi connectivity index (χ1) is 15.3. The summed E-state index contributed by atoms with van der Waals surface area (Å²) in [6.45, 7) is 1.99. The lowest BCUT2D eigenvalue weighted by atomic mass is 9.96. The highest BCUT2D eigenvalue weighted by Crippen LogP contribution is 2.45. The number of nitrogens with zero attached hydrogens (tertiary/aromatic N) is 2. The van der Waals surface area contributed by atoms with Crippen LogP contribution in [0, 0.1) is 6.92 Å². The number of amides is 1. The van der Waals surface area contributed by atoms with Gasteiger partial charge in [0.05, 0.1) is 6.04 Å². The third kappa shape index (κ3) is 3.72. The standard InChI is InChI=1S/C22H19F3N4O3/c1-12-2-5-14(6-3-12)26-21(30)16-10-20-27-15(9-19(22(23,24)25)29(20)28-16)13-4-7-17-18(8-13)32-11-31-17/h2-8,10,15,19,27H,9,11H2,1H3,(H,26,30)/t15-,19-/m1/s1. The molecular weight excluding hydrogens is 425 g/mol. The topological polar surface area (TPSA) is 77.4 Å². The lowest BCUT2D eigenvalue weighted by Crippen LogP contribution is -2.35. The van der Waals surface area contributed by atoms with Crippen molar-refractivity contribution in [1.82, 2.24) is 9.78 Å². The monoisotopic (exact) mass is 444 g/mol. The van der Waals surface area contributed by atoms with Crippen LogP contribution in [0.4, 0.5) is 24.7 Å². The molecular formula is C22H19F3N4O3. The molecule has 1 aromatic heterocycles. The molecule has 0 radical (unpaired) electrons. The molecule has 0 aliphatic carbocycles. The highest BCUT2D eigenvalue weighted by molar-refractivity contribution is 6.03. The van der Waals surface area contributed by atoms with E-state index < -0.39 is 24.2 Å². The average molecular weight is 444 g/mol. The molecule has 0 saturated carbocycles. The Kier molecular flexibility index (Phi) is 4.72. The molecule has 0 spiro atoms. The summed E-state index contributed by atoms with van der Waals surface area (Å²) >= 11 is 0. The highest BCUT2D eigenvalue weighted by Gasteiger charge is 2.47. The molecule has 2 N–H and O–H groups in total. The number of aryl methyl sites for hydroxylation is 1. The first-order valence-electron chi connectivity index (χ1n) is 9.98. The average Bonchev–Trinajstić information content (AvgIpc) is 3.40. The van der Waals surface area contributed by atoms with Gasteiger partial charge in [-0.3, -0.25) is 4.79 Å². The van der Waals surface area contributed by atoms with Crippen molar-refractivity contribution in [3.05, 3.63) is 65.4 Å². The number of aromatic nitrogens is 2. The molecule has 0 bridgehead atoms. The number of carbonyl (C=O) groups is 1. The number of benzene rings is 2. The van der Waals surface area contributed by atoms with Gasteiger partial charge in [0.25, 0.3) is 5.91 Å². The van der Waals surface area contributed by atoms with E-state index in [-0.39, 0.29) is 24.7 Å². The van der Waals surface area contributed by atoms with Crippen LogP contribution in [0.5, 0.6) is 11.5 Å². The van der Waals surface area contributed by atoms with Crippen molar-refractivity contribution in [1.29, 1.82) is 0 Å². The lowest BCUT2D eigenvalue weighted by Gasteiger charge is -2.33. The largest absolute Gasteiger partial charge is 0.454 e. The summed E-state index contributed by atoms with van der Waals surface area (Å²) in [5.74, 6) is 0.579. The Labute approximate surface area is 181 Å². The van der Waals surface area contributed by atoms with E-state index in [9.17, 15) is 18.0 Å². The number of ether oxygens (including phenoxy) is 2. The maximum Gasteiger partial charge on any atom is 0.410 e. The number of halogens is 3. The summed E-state index contributed by atoms with van der Waals surface area (Å²) in [5.41, 5.74) is 2.08. The molecule has 2 aromatic carbocycles. The molecule has 2 aliphatic heterocycles. The second-order valence-corrected chi connectivity index (χ2v) is 7.78. The Hall–Kier alpha value is -3.69. The van der Waals surface area contributed by atoms with E-state index in [1.807, 2.05) is 19.1 Å². The summed E-state index contributed by atoms with van der Waals surface area (Å²) < 4.78 is 53.1. The lowest BCUT2D eigenvalue weighted by molar-refractivity contribution is -0.173.